The molecular weight excluding hydrogens is 486 g/mol. The highest BCUT2D eigenvalue weighted by molar-refractivity contribution is 5.95. The van der Waals surface area contributed by atoms with Crippen molar-refractivity contribution >= 4 is 22.4 Å². The molecular formula is C29H25N3O6. The minimum absolute atomic E-state index is 0.160. The van der Waals surface area contributed by atoms with Gasteiger partial charge in [0.15, 0.2) is 18.1 Å². The number of methoxy groups -OCH3 is 3. The number of benzene rings is 4. The lowest BCUT2D eigenvalue weighted by atomic mass is 10.1. The topological polar surface area (TPSA) is 105 Å². The van der Waals surface area contributed by atoms with Crippen LogP contribution in [0.15, 0.2) is 83.4 Å². The molecule has 4 aromatic carbocycles. The molecule has 0 unspecified atom stereocenters. The summed E-state index contributed by atoms with van der Waals surface area (Å²) in [6, 6.07) is 24.3. The first-order valence-corrected chi connectivity index (χ1v) is 11.7. The number of amides is 1. The van der Waals surface area contributed by atoms with Crippen LogP contribution in [0.4, 0.5) is 5.69 Å². The molecule has 0 atom stereocenters. The smallest absolute Gasteiger partial charge is 0.262 e. The van der Waals surface area contributed by atoms with Crippen LogP contribution in [-0.2, 0) is 4.79 Å². The van der Waals surface area contributed by atoms with Crippen molar-refractivity contribution in [2.75, 3.05) is 33.3 Å². The van der Waals surface area contributed by atoms with E-state index >= 15 is 0 Å². The van der Waals surface area contributed by atoms with Crippen LogP contribution < -0.4 is 24.3 Å². The van der Waals surface area contributed by atoms with Crippen LogP contribution in [0.1, 0.15) is 0 Å². The van der Waals surface area contributed by atoms with Crippen molar-refractivity contribution in [3.8, 4) is 45.8 Å². The van der Waals surface area contributed by atoms with Crippen LogP contribution in [0.2, 0.25) is 0 Å². The van der Waals surface area contributed by atoms with Crippen LogP contribution in [0, 0.1) is 0 Å². The lowest BCUT2D eigenvalue weighted by Crippen LogP contribution is -2.20. The molecule has 1 amide bonds. The van der Waals surface area contributed by atoms with Crippen LogP contribution in [0.3, 0.4) is 0 Å². The predicted octanol–water partition coefficient (Wildman–Crippen LogP) is 5.60. The molecule has 5 aromatic rings. The fraction of sp³-hybridized carbons (Fsp3) is 0.138. The van der Waals surface area contributed by atoms with E-state index in [0.717, 1.165) is 10.8 Å². The molecule has 0 fully saturated rings. The SMILES string of the molecule is COc1cc(-c2noc(-c3ccccc3NC(=O)COc3ccc4ccccc4c3)n2)cc(OC)c1OC. The van der Waals surface area contributed by atoms with Crippen molar-refractivity contribution in [3.63, 3.8) is 0 Å². The van der Waals surface area contributed by atoms with E-state index in [1.54, 1.807) is 30.3 Å². The molecule has 9 heteroatoms. The van der Waals surface area contributed by atoms with E-state index in [2.05, 4.69) is 15.5 Å². The van der Waals surface area contributed by atoms with E-state index in [0.29, 0.717) is 45.6 Å². The van der Waals surface area contributed by atoms with Crippen molar-refractivity contribution in [2.45, 2.75) is 0 Å². The van der Waals surface area contributed by atoms with Gasteiger partial charge in [-0.05, 0) is 47.2 Å². The third kappa shape index (κ3) is 5.08. The normalized spacial score (nSPS) is 10.7. The summed E-state index contributed by atoms with van der Waals surface area (Å²) in [6.45, 7) is -0.160. The lowest BCUT2D eigenvalue weighted by molar-refractivity contribution is -0.118. The van der Waals surface area contributed by atoms with Gasteiger partial charge < -0.3 is 28.8 Å². The summed E-state index contributed by atoms with van der Waals surface area (Å²) in [5.41, 5.74) is 1.69. The molecule has 5 rings (SSSR count). The fourth-order valence-corrected chi connectivity index (χ4v) is 4.03. The Labute approximate surface area is 218 Å². The highest BCUT2D eigenvalue weighted by Gasteiger charge is 2.19. The monoisotopic (exact) mass is 511 g/mol. The van der Waals surface area contributed by atoms with Crippen LogP contribution >= 0.6 is 0 Å². The Kier molecular flexibility index (Phi) is 7.08. The van der Waals surface area contributed by atoms with Gasteiger partial charge in [-0.1, -0.05) is 47.6 Å². The molecule has 0 saturated carbocycles. The molecule has 1 N–H and O–H groups in total. The predicted molar refractivity (Wildman–Crippen MR) is 143 cm³/mol. The molecule has 1 aromatic heterocycles. The second-order valence-corrected chi connectivity index (χ2v) is 8.23. The Morgan fingerprint density at radius 1 is 0.842 bits per heavy atom. The minimum Gasteiger partial charge on any atom is -0.493 e. The average Bonchev–Trinajstić information content (AvgIpc) is 3.45. The third-order valence-electron chi connectivity index (χ3n) is 5.87. The number of nitrogens with zero attached hydrogens (tertiary/aromatic N) is 2. The molecule has 0 aliphatic heterocycles. The average molecular weight is 512 g/mol. The molecule has 38 heavy (non-hydrogen) atoms. The van der Waals surface area contributed by atoms with Crippen LogP contribution in [0.25, 0.3) is 33.6 Å². The molecule has 0 aliphatic carbocycles. The van der Waals surface area contributed by atoms with E-state index in [-0.39, 0.29) is 18.4 Å². The standard InChI is InChI=1S/C29H25N3O6/c1-34-24-15-20(16-25(35-2)27(24)36-3)28-31-29(38-32-28)22-10-6-7-11-23(22)30-26(33)17-37-21-13-12-18-8-4-5-9-19(18)14-21/h4-16H,17H2,1-3H3,(H,30,33). The first-order valence-electron chi connectivity index (χ1n) is 11.7. The lowest BCUT2D eigenvalue weighted by Gasteiger charge is -2.12. The zero-order chi connectivity index (χ0) is 26.5. The molecule has 1 heterocycles. The number of para-hydroxylation sites is 1. The Hall–Kier alpha value is -5.05. The Balaban J connectivity index is 1.33. The summed E-state index contributed by atoms with van der Waals surface area (Å²) in [7, 11) is 4.60. The highest BCUT2D eigenvalue weighted by atomic mass is 16.5. The summed E-state index contributed by atoms with van der Waals surface area (Å²) in [5, 5.41) is 9.12. The number of ether oxygens (including phenoxy) is 4. The van der Waals surface area contributed by atoms with Gasteiger partial charge in [0, 0.05) is 5.56 Å². The molecule has 192 valence electrons. The maximum Gasteiger partial charge on any atom is 0.262 e. The number of rotatable bonds is 9. The zero-order valence-corrected chi connectivity index (χ0v) is 21.1. The molecule has 0 saturated heterocycles. The first kappa shape index (κ1) is 24.6. The molecule has 0 bridgehead atoms. The molecule has 0 spiro atoms. The number of hydrogen-bond acceptors (Lipinski definition) is 8. The van der Waals surface area contributed by atoms with Gasteiger partial charge in [0.05, 0.1) is 32.6 Å². The van der Waals surface area contributed by atoms with E-state index < -0.39 is 0 Å². The minimum atomic E-state index is -0.324. The summed E-state index contributed by atoms with van der Waals surface area (Å²) >= 11 is 0. The van der Waals surface area contributed by atoms with Gasteiger partial charge >= 0.3 is 0 Å². The molecule has 0 aliphatic rings. The number of aromatic nitrogens is 2. The van der Waals surface area contributed by atoms with Gasteiger partial charge in [-0.3, -0.25) is 4.79 Å². The van der Waals surface area contributed by atoms with E-state index in [9.17, 15) is 4.79 Å². The maximum atomic E-state index is 12.7. The largest absolute Gasteiger partial charge is 0.493 e. The van der Waals surface area contributed by atoms with Crippen molar-refractivity contribution in [2.24, 2.45) is 0 Å². The van der Waals surface area contributed by atoms with Gasteiger partial charge in [-0.15, -0.1) is 0 Å². The van der Waals surface area contributed by atoms with E-state index in [4.69, 9.17) is 23.5 Å². The first-order chi connectivity index (χ1) is 18.6. The summed E-state index contributed by atoms with van der Waals surface area (Å²) in [5.74, 6) is 2.23. The molecule has 9 nitrogen and oxygen atoms in total. The van der Waals surface area contributed by atoms with Gasteiger partial charge in [0.25, 0.3) is 11.8 Å². The summed E-state index contributed by atoms with van der Waals surface area (Å²) in [4.78, 5) is 17.3. The number of anilines is 1. The highest BCUT2D eigenvalue weighted by Crippen LogP contribution is 2.41. The Morgan fingerprint density at radius 3 is 2.29 bits per heavy atom. The van der Waals surface area contributed by atoms with Crippen LogP contribution in [-0.4, -0.2) is 44.0 Å². The van der Waals surface area contributed by atoms with Gasteiger partial charge in [-0.25, -0.2) is 0 Å². The Morgan fingerprint density at radius 2 is 1.55 bits per heavy atom. The van der Waals surface area contributed by atoms with Crippen molar-refractivity contribution < 1.29 is 28.3 Å². The molecule has 0 radical (unpaired) electrons. The van der Waals surface area contributed by atoms with Crippen molar-refractivity contribution in [1.29, 1.82) is 0 Å². The fourth-order valence-electron chi connectivity index (χ4n) is 4.03. The van der Waals surface area contributed by atoms with Crippen molar-refractivity contribution in [3.05, 3.63) is 78.9 Å². The van der Waals surface area contributed by atoms with Crippen LogP contribution in [0.5, 0.6) is 23.0 Å². The number of hydrogen-bond donors (Lipinski definition) is 1. The summed E-state index contributed by atoms with van der Waals surface area (Å²) < 4.78 is 27.5. The van der Waals surface area contributed by atoms with E-state index in [1.165, 1.54) is 21.3 Å². The zero-order valence-electron chi connectivity index (χ0n) is 21.1. The third-order valence-corrected chi connectivity index (χ3v) is 5.87. The number of fused-ring (bicyclic) bond motifs is 1. The van der Waals surface area contributed by atoms with E-state index in [1.807, 2.05) is 48.5 Å². The summed E-state index contributed by atoms with van der Waals surface area (Å²) in [6.07, 6.45) is 0. The quantitative estimate of drug-likeness (QED) is 0.273. The maximum absolute atomic E-state index is 12.7. The van der Waals surface area contributed by atoms with Gasteiger partial charge in [0.1, 0.15) is 5.75 Å². The van der Waals surface area contributed by atoms with Crippen molar-refractivity contribution in [1.82, 2.24) is 10.1 Å². The number of carbonyl (C=O) groups excluding carboxylic acids is 1. The van der Waals surface area contributed by atoms with Gasteiger partial charge in [-0.2, -0.15) is 4.98 Å². The number of carbonyl (C=O) groups is 1. The number of nitrogens with one attached hydrogen (secondary N) is 1. The Bertz CT molecular complexity index is 1570. The second kappa shape index (κ2) is 10.9. The second-order valence-electron chi connectivity index (χ2n) is 8.23. The van der Waals surface area contributed by atoms with Gasteiger partial charge in [0.2, 0.25) is 11.6 Å².